The van der Waals surface area contributed by atoms with Gasteiger partial charge in [0.05, 0.1) is 6.42 Å². The Morgan fingerprint density at radius 1 is 1.15 bits per heavy atom. The van der Waals surface area contributed by atoms with Crippen LogP contribution in [0.1, 0.15) is 23.7 Å². The van der Waals surface area contributed by atoms with E-state index >= 15 is 0 Å². The number of hydrogen-bond donors (Lipinski definition) is 0. The molecule has 73 valence electrons. The largest absolute Gasteiger partial charge is 0.300 e. The van der Waals surface area contributed by atoms with Gasteiger partial charge in [-0.3, -0.25) is 9.59 Å². The van der Waals surface area contributed by atoms with E-state index in [1.165, 1.54) is 6.92 Å². The maximum atomic E-state index is 11.2. The number of rotatable bonds is 3. The fourth-order valence-corrected chi connectivity index (χ4v) is 0.952. The fourth-order valence-electron chi connectivity index (χ4n) is 0.952. The minimum atomic E-state index is -0.108. The van der Waals surface area contributed by atoms with E-state index in [1.54, 1.807) is 24.3 Å². The van der Waals surface area contributed by atoms with Crippen LogP contribution in [0.3, 0.4) is 0 Å². The van der Waals surface area contributed by atoms with Crippen molar-refractivity contribution < 1.29 is 26.7 Å². The molecule has 0 saturated carbocycles. The summed E-state index contributed by atoms with van der Waals surface area (Å²) in [5, 5.41) is 0. The molecule has 0 saturated heterocycles. The molecule has 0 heterocycles. The Morgan fingerprint density at radius 3 is 2.15 bits per heavy atom. The monoisotopic (exact) mass is 225 g/mol. The first-order valence-electron chi connectivity index (χ1n) is 3.78. The van der Waals surface area contributed by atoms with Crippen LogP contribution < -0.4 is 0 Å². The third-order valence-electron chi connectivity index (χ3n) is 1.51. The van der Waals surface area contributed by atoms with Gasteiger partial charge in [0.2, 0.25) is 0 Å². The second-order valence-electron chi connectivity index (χ2n) is 2.67. The first kappa shape index (κ1) is 12.1. The van der Waals surface area contributed by atoms with E-state index in [4.69, 9.17) is 0 Å². The molecule has 0 aliphatic rings. The minimum absolute atomic E-state index is 0. The van der Waals surface area contributed by atoms with E-state index in [0.29, 0.717) is 5.56 Å². The van der Waals surface area contributed by atoms with Crippen molar-refractivity contribution in [3.8, 4) is 0 Å². The Bertz CT molecular complexity index is 293. The van der Waals surface area contributed by atoms with Gasteiger partial charge in [0, 0.05) is 22.6 Å². The Balaban J connectivity index is 0.00000144. The summed E-state index contributed by atoms with van der Waals surface area (Å²) in [6, 6.07) is 8.84. The number of hydrogen-bond acceptors (Lipinski definition) is 2. The van der Waals surface area contributed by atoms with Gasteiger partial charge in [0.1, 0.15) is 5.78 Å². The third-order valence-corrected chi connectivity index (χ3v) is 1.51. The summed E-state index contributed by atoms with van der Waals surface area (Å²) < 4.78 is 0. The second kappa shape index (κ2) is 5.68. The zero-order valence-electron chi connectivity index (χ0n) is 7.21. The first-order chi connectivity index (χ1) is 5.70. The van der Waals surface area contributed by atoms with Crippen LogP contribution in [0.15, 0.2) is 30.3 Å². The van der Waals surface area contributed by atoms with E-state index in [0.717, 1.165) is 0 Å². The molecule has 0 aromatic heterocycles. The van der Waals surface area contributed by atoms with Gasteiger partial charge in [-0.2, -0.15) is 0 Å². The van der Waals surface area contributed by atoms with E-state index in [-0.39, 0.29) is 35.1 Å². The summed E-state index contributed by atoms with van der Waals surface area (Å²) in [5.74, 6) is -0.202. The van der Waals surface area contributed by atoms with Gasteiger partial charge >= 0.3 is 0 Å². The molecular formula is C10H10CuO2. The van der Waals surface area contributed by atoms with Crippen LogP contribution in [-0.2, 0) is 21.9 Å². The Hall–Kier alpha value is -0.921. The summed E-state index contributed by atoms with van der Waals surface area (Å²) >= 11 is 0. The van der Waals surface area contributed by atoms with Crippen LogP contribution in [0.25, 0.3) is 0 Å². The second-order valence-corrected chi connectivity index (χ2v) is 2.67. The van der Waals surface area contributed by atoms with Crippen molar-refractivity contribution in [3.63, 3.8) is 0 Å². The number of Topliss-reactive ketones (excluding diaryl/α,β-unsaturated/α-hetero) is 2. The Morgan fingerprint density at radius 2 is 1.69 bits per heavy atom. The smallest absolute Gasteiger partial charge is 0.170 e. The molecule has 1 rings (SSSR count). The molecule has 1 radical (unpaired) electrons. The summed E-state index contributed by atoms with van der Waals surface area (Å²) in [6.45, 7) is 1.42. The maximum absolute atomic E-state index is 11.2. The number of carbonyl (C=O) groups excluding carboxylic acids is 2. The van der Waals surface area contributed by atoms with Crippen molar-refractivity contribution in [2.45, 2.75) is 13.3 Å². The average molecular weight is 226 g/mol. The predicted octanol–water partition coefficient (Wildman–Crippen LogP) is 1.85. The zero-order valence-corrected chi connectivity index (χ0v) is 8.15. The Labute approximate surface area is 87.8 Å². The van der Waals surface area contributed by atoms with Crippen LogP contribution in [0.4, 0.5) is 0 Å². The first-order valence-corrected chi connectivity index (χ1v) is 3.78. The molecule has 0 bridgehead atoms. The van der Waals surface area contributed by atoms with Gasteiger partial charge in [-0.05, 0) is 6.92 Å². The molecule has 1 aromatic carbocycles. The van der Waals surface area contributed by atoms with Crippen molar-refractivity contribution in [1.29, 1.82) is 0 Å². The molecule has 0 N–H and O–H groups in total. The van der Waals surface area contributed by atoms with Gasteiger partial charge < -0.3 is 0 Å². The molecule has 0 unspecified atom stereocenters. The van der Waals surface area contributed by atoms with E-state index in [9.17, 15) is 9.59 Å². The molecule has 0 fully saturated rings. The minimum Gasteiger partial charge on any atom is -0.300 e. The molecular weight excluding hydrogens is 216 g/mol. The van der Waals surface area contributed by atoms with Crippen LogP contribution in [-0.4, -0.2) is 11.6 Å². The predicted molar refractivity (Wildman–Crippen MR) is 46.1 cm³/mol. The molecule has 0 amide bonds. The van der Waals surface area contributed by atoms with E-state index in [2.05, 4.69) is 0 Å². The van der Waals surface area contributed by atoms with Gasteiger partial charge in [-0.15, -0.1) is 0 Å². The molecule has 0 atom stereocenters. The number of carbonyl (C=O) groups is 2. The summed E-state index contributed by atoms with van der Waals surface area (Å²) in [5.41, 5.74) is 0.604. The third kappa shape index (κ3) is 4.02. The standard InChI is InChI=1S/C10H10O2.Cu/c1-8(11)7-10(12)9-5-3-2-4-6-9;/h2-6H,7H2,1H3;. The molecule has 2 nitrogen and oxygen atoms in total. The van der Waals surface area contributed by atoms with E-state index in [1.807, 2.05) is 6.07 Å². The summed E-state index contributed by atoms with van der Waals surface area (Å²) in [7, 11) is 0. The topological polar surface area (TPSA) is 34.1 Å². The van der Waals surface area contributed by atoms with E-state index < -0.39 is 0 Å². The van der Waals surface area contributed by atoms with Gasteiger partial charge in [-0.25, -0.2) is 0 Å². The van der Waals surface area contributed by atoms with Crippen molar-refractivity contribution in [2.24, 2.45) is 0 Å². The average Bonchev–Trinajstić information content (AvgIpc) is 2.05. The van der Waals surface area contributed by atoms with Crippen LogP contribution >= 0.6 is 0 Å². The molecule has 0 aliphatic heterocycles. The van der Waals surface area contributed by atoms with Crippen molar-refractivity contribution >= 4 is 11.6 Å². The summed E-state index contributed by atoms with van der Waals surface area (Å²) in [4.78, 5) is 21.8. The van der Waals surface area contributed by atoms with Gasteiger partial charge in [0.15, 0.2) is 5.78 Å². The zero-order chi connectivity index (χ0) is 8.97. The van der Waals surface area contributed by atoms with Crippen molar-refractivity contribution in [1.82, 2.24) is 0 Å². The number of benzene rings is 1. The van der Waals surface area contributed by atoms with Crippen LogP contribution in [0, 0.1) is 0 Å². The quantitative estimate of drug-likeness (QED) is 0.447. The normalized spacial score (nSPS) is 8.69. The SMILES string of the molecule is CC(=O)CC(=O)c1ccccc1.[Cu]. The molecule has 0 spiro atoms. The maximum Gasteiger partial charge on any atom is 0.170 e. The van der Waals surface area contributed by atoms with Crippen molar-refractivity contribution in [3.05, 3.63) is 35.9 Å². The number of ketones is 2. The molecule has 1 aromatic rings. The van der Waals surface area contributed by atoms with Gasteiger partial charge in [-0.1, -0.05) is 30.3 Å². The Kier molecular flexibility index (Phi) is 5.28. The van der Waals surface area contributed by atoms with Gasteiger partial charge in [0.25, 0.3) is 0 Å². The molecule has 13 heavy (non-hydrogen) atoms. The molecule has 3 heteroatoms. The van der Waals surface area contributed by atoms with Crippen LogP contribution in [0.5, 0.6) is 0 Å². The van der Waals surface area contributed by atoms with Crippen molar-refractivity contribution in [2.75, 3.05) is 0 Å². The molecule has 0 aliphatic carbocycles. The van der Waals surface area contributed by atoms with Crippen LogP contribution in [0.2, 0.25) is 0 Å². The fraction of sp³-hybridized carbons (Fsp3) is 0.200. The summed E-state index contributed by atoms with van der Waals surface area (Å²) in [6.07, 6.45) is 0.00398.